The molecule has 0 aliphatic carbocycles. The summed E-state index contributed by atoms with van der Waals surface area (Å²) in [5, 5.41) is 22.2. The van der Waals surface area contributed by atoms with Gasteiger partial charge in [0.15, 0.2) is 16.7 Å². The Labute approximate surface area is 136 Å². The van der Waals surface area contributed by atoms with Crippen molar-refractivity contribution in [3.05, 3.63) is 35.0 Å². The minimum Gasteiger partial charge on any atom is -0.486 e. The number of nitrogens with zero attached hydrogens (tertiary/aromatic N) is 6. The zero-order valence-corrected chi connectivity index (χ0v) is 12.9. The Morgan fingerprint density at radius 1 is 1.35 bits per heavy atom. The number of nitriles is 1. The van der Waals surface area contributed by atoms with Crippen LogP contribution < -0.4 is 9.64 Å². The van der Waals surface area contributed by atoms with Crippen LogP contribution in [-0.2, 0) is 0 Å². The van der Waals surface area contributed by atoms with Crippen molar-refractivity contribution in [3.8, 4) is 23.2 Å². The zero-order valence-electron chi connectivity index (χ0n) is 12.2. The highest BCUT2D eigenvalue weighted by molar-refractivity contribution is 6.32. The number of likely N-dealkylation sites (N-methyl/N-ethyl adjacent to an activating group) is 1. The molecular weight excluding hydrogens is 316 g/mol. The molecule has 4 rings (SSSR count). The van der Waals surface area contributed by atoms with Crippen LogP contribution in [0, 0.1) is 11.3 Å². The van der Waals surface area contributed by atoms with E-state index < -0.39 is 0 Å². The number of fused-ring (bicyclic) bond motifs is 3. The molecule has 2 aromatic heterocycles. The molecule has 3 heterocycles. The summed E-state index contributed by atoms with van der Waals surface area (Å²) in [7, 11) is 1.93. The number of anilines is 1. The van der Waals surface area contributed by atoms with Crippen LogP contribution in [0.1, 0.15) is 5.56 Å². The van der Waals surface area contributed by atoms with Gasteiger partial charge in [0.1, 0.15) is 12.3 Å². The molecule has 8 heteroatoms. The molecule has 1 aromatic carbocycles. The number of rotatable bonds is 1. The molecule has 0 fully saturated rings. The Kier molecular flexibility index (Phi) is 3.06. The molecule has 23 heavy (non-hydrogen) atoms. The zero-order chi connectivity index (χ0) is 16.0. The van der Waals surface area contributed by atoms with Gasteiger partial charge in [-0.1, -0.05) is 23.7 Å². The molecule has 0 amide bonds. The SMILES string of the molecule is CN1CCOc2c1c(Cl)nn1c(-c3cccc(C#N)c3)nnc21. The highest BCUT2D eigenvalue weighted by Gasteiger charge is 2.26. The van der Waals surface area contributed by atoms with Crippen LogP contribution in [0.15, 0.2) is 24.3 Å². The fourth-order valence-electron chi connectivity index (χ4n) is 2.62. The van der Waals surface area contributed by atoms with Crippen molar-refractivity contribution in [1.29, 1.82) is 5.26 Å². The molecule has 0 radical (unpaired) electrons. The van der Waals surface area contributed by atoms with E-state index in [2.05, 4.69) is 21.4 Å². The third kappa shape index (κ3) is 2.07. The summed E-state index contributed by atoms with van der Waals surface area (Å²) in [6.07, 6.45) is 0. The van der Waals surface area contributed by atoms with E-state index in [1.165, 1.54) is 0 Å². The Hall–Kier alpha value is -2.85. The van der Waals surface area contributed by atoms with Gasteiger partial charge in [0.25, 0.3) is 0 Å². The van der Waals surface area contributed by atoms with Crippen LogP contribution in [0.2, 0.25) is 5.15 Å². The Morgan fingerprint density at radius 2 is 2.22 bits per heavy atom. The third-order valence-electron chi connectivity index (χ3n) is 3.75. The fourth-order valence-corrected chi connectivity index (χ4v) is 2.92. The number of ether oxygens (including phenoxy) is 1. The first kappa shape index (κ1) is 13.8. The van der Waals surface area contributed by atoms with E-state index in [1.54, 1.807) is 22.7 Å². The second-order valence-electron chi connectivity index (χ2n) is 5.19. The van der Waals surface area contributed by atoms with Gasteiger partial charge in [0.2, 0.25) is 5.65 Å². The second kappa shape index (κ2) is 5.11. The maximum atomic E-state index is 9.05. The monoisotopic (exact) mass is 326 g/mol. The normalized spacial score (nSPS) is 13.5. The van der Waals surface area contributed by atoms with E-state index in [0.717, 1.165) is 17.8 Å². The Bertz CT molecular complexity index is 960. The molecule has 114 valence electrons. The summed E-state index contributed by atoms with van der Waals surface area (Å²) in [6.45, 7) is 1.28. The smallest absolute Gasteiger partial charge is 0.222 e. The Morgan fingerprint density at radius 3 is 3.04 bits per heavy atom. The van der Waals surface area contributed by atoms with E-state index in [1.807, 2.05) is 18.0 Å². The van der Waals surface area contributed by atoms with Crippen molar-refractivity contribution in [1.82, 2.24) is 19.8 Å². The molecule has 1 aliphatic heterocycles. The Balaban J connectivity index is 1.97. The van der Waals surface area contributed by atoms with E-state index >= 15 is 0 Å². The largest absolute Gasteiger partial charge is 0.486 e. The first-order chi connectivity index (χ1) is 11.2. The van der Waals surface area contributed by atoms with Gasteiger partial charge in [0.05, 0.1) is 18.2 Å². The van der Waals surface area contributed by atoms with E-state index in [9.17, 15) is 0 Å². The van der Waals surface area contributed by atoms with Gasteiger partial charge in [-0.05, 0) is 12.1 Å². The molecule has 0 unspecified atom stereocenters. The molecular formula is C15H11ClN6O. The first-order valence-electron chi connectivity index (χ1n) is 6.98. The minimum atomic E-state index is 0.326. The molecule has 0 saturated carbocycles. The number of hydrogen-bond acceptors (Lipinski definition) is 6. The maximum Gasteiger partial charge on any atom is 0.222 e. The van der Waals surface area contributed by atoms with Gasteiger partial charge in [-0.2, -0.15) is 9.78 Å². The van der Waals surface area contributed by atoms with Crippen molar-refractivity contribution in [2.75, 3.05) is 25.1 Å². The lowest BCUT2D eigenvalue weighted by atomic mass is 10.1. The average molecular weight is 327 g/mol. The van der Waals surface area contributed by atoms with Gasteiger partial charge in [-0.25, -0.2) is 0 Å². The standard InChI is InChI=1S/C15H11ClN6O/c1-21-5-6-23-12-11(21)13(16)20-22-14(18-19-15(12)22)10-4-2-3-9(7-10)8-17/h2-4,7H,5-6H2,1H3. The summed E-state index contributed by atoms with van der Waals surface area (Å²) >= 11 is 6.33. The molecule has 1 aliphatic rings. The van der Waals surface area contributed by atoms with Crippen molar-refractivity contribution in [2.45, 2.75) is 0 Å². The summed E-state index contributed by atoms with van der Waals surface area (Å²) < 4.78 is 7.29. The van der Waals surface area contributed by atoms with Gasteiger partial charge in [-0.3, -0.25) is 0 Å². The van der Waals surface area contributed by atoms with Crippen molar-refractivity contribution >= 4 is 22.9 Å². The predicted octanol–water partition coefficient (Wildman–Crippen LogP) is 2.14. The summed E-state index contributed by atoms with van der Waals surface area (Å²) in [5.41, 5.74) is 2.51. The summed E-state index contributed by atoms with van der Waals surface area (Å²) in [5.74, 6) is 1.09. The molecule has 0 bridgehead atoms. The lowest BCUT2D eigenvalue weighted by molar-refractivity contribution is 0.312. The summed E-state index contributed by atoms with van der Waals surface area (Å²) in [4.78, 5) is 1.98. The van der Waals surface area contributed by atoms with Crippen LogP contribution in [0.3, 0.4) is 0 Å². The first-order valence-corrected chi connectivity index (χ1v) is 7.36. The van der Waals surface area contributed by atoms with Crippen LogP contribution in [0.25, 0.3) is 17.0 Å². The molecule has 0 N–H and O–H groups in total. The number of hydrogen-bond donors (Lipinski definition) is 0. The van der Waals surface area contributed by atoms with Crippen LogP contribution >= 0.6 is 11.6 Å². The number of benzene rings is 1. The van der Waals surface area contributed by atoms with Crippen molar-refractivity contribution in [3.63, 3.8) is 0 Å². The molecule has 7 nitrogen and oxygen atoms in total. The van der Waals surface area contributed by atoms with Crippen molar-refractivity contribution < 1.29 is 4.74 Å². The molecule has 0 atom stereocenters. The van der Waals surface area contributed by atoms with Crippen LogP contribution in [-0.4, -0.2) is 40.0 Å². The highest BCUT2D eigenvalue weighted by atomic mass is 35.5. The van der Waals surface area contributed by atoms with Gasteiger partial charge >= 0.3 is 0 Å². The highest BCUT2D eigenvalue weighted by Crippen LogP contribution is 2.39. The average Bonchev–Trinajstić information content (AvgIpc) is 2.99. The number of halogens is 1. The lowest BCUT2D eigenvalue weighted by Crippen LogP contribution is -2.30. The van der Waals surface area contributed by atoms with E-state index in [0.29, 0.717) is 34.5 Å². The quantitative estimate of drug-likeness (QED) is 0.681. The van der Waals surface area contributed by atoms with E-state index in [-0.39, 0.29) is 0 Å². The van der Waals surface area contributed by atoms with E-state index in [4.69, 9.17) is 21.6 Å². The van der Waals surface area contributed by atoms with Crippen molar-refractivity contribution in [2.24, 2.45) is 0 Å². The topological polar surface area (TPSA) is 79.3 Å². The summed E-state index contributed by atoms with van der Waals surface area (Å²) in [6, 6.07) is 9.21. The second-order valence-corrected chi connectivity index (χ2v) is 5.55. The molecule has 0 saturated heterocycles. The number of aromatic nitrogens is 4. The van der Waals surface area contributed by atoms with Gasteiger partial charge < -0.3 is 9.64 Å². The van der Waals surface area contributed by atoms with Crippen LogP contribution in [0.4, 0.5) is 5.69 Å². The van der Waals surface area contributed by atoms with Crippen LogP contribution in [0.5, 0.6) is 5.75 Å². The maximum absolute atomic E-state index is 9.05. The third-order valence-corrected chi connectivity index (χ3v) is 4.00. The fraction of sp³-hybridized carbons (Fsp3) is 0.200. The van der Waals surface area contributed by atoms with Gasteiger partial charge in [0, 0.05) is 12.6 Å². The minimum absolute atomic E-state index is 0.326. The lowest BCUT2D eigenvalue weighted by Gasteiger charge is -2.27. The molecule has 0 spiro atoms. The predicted molar refractivity (Wildman–Crippen MR) is 84.7 cm³/mol. The van der Waals surface area contributed by atoms with Gasteiger partial charge in [-0.15, -0.1) is 15.3 Å². The molecule has 3 aromatic rings.